The number of methoxy groups -OCH3 is 1. The first-order valence-corrected chi connectivity index (χ1v) is 9.76. The minimum absolute atomic E-state index is 0.00696. The molecule has 0 unspecified atom stereocenters. The molecule has 0 aliphatic heterocycles. The number of benzene rings is 2. The predicted molar refractivity (Wildman–Crippen MR) is 113 cm³/mol. The number of ether oxygens (including phenoxy) is 2. The first-order valence-electron chi connectivity index (χ1n) is 9.38. The smallest absolute Gasteiger partial charge is 0.268 e. The Labute approximate surface area is 187 Å². The topological polar surface area (TPSA) is 81.3 Å². The lowest BCUT2D eigenvalue weighted by molar-refractivity contribution is 0.103. The molecule has 0 atom stereocenters. The number of hydrogen-bond acceptors (Lipinski definition) is 5. The number of nitriles is 1. The fourth-order valence-corrected chi connectivity index (χ4v) is 3.17. The van der Waals surface area contributed by atoms with Gasteiger partial charge in [-0.1, -0.05) is 17.7 Å². The van der Waals surface area contributed by atoms with Gasteiger partial charge in [-0.05, 0) is 36.4 Å². The van der Waals surface area contributed by atoms with E-state index in [0.717, 1.165) is 24.3 Å². The first kappa shape index (κ1) is 23.1. The van der Waals surface area contributed by atoms with Crippen LogP contribution < -0.4 is 10.3 Å². The van der Waals surface area contributed by atoms with E-state index >= 15 is 0 Å². The van der Waals surface area contributed by atoms with Gasteiger partial charge in [-0.15, -0.1) is 0 Å². The van der Waals surface area contributed by atoms with Gasteiger partial charge in [0.05, 0.1) is 17.2 Å². The van der Waals surface area contributed by atoms with E-state index < -0.39 is 23.0 Å². The third-order valence-electron chi connectivity index (χ3n) is 4.59. The summed E-state index contributed by atoms with van der Waals surface area (Å²) in [6.45, 7) is 0.220. The van der Waals surface area contributed by atoms with Crippen molar-refractivity contribution in [3.05, 3.63) is 97.9 Å². The zero-order chi connectivity index (χ0) is 23.3. The number of hydrogen-bond donors (Lipinski definition) is 0. The molecule has 0 saturated heterocycles. The minimum Gasteiger partial charge on any atom is -0.488 e. The lowest BCUT2D eigenvalue weighted by atomic mass is 10.0. The Morgan fingerprint density at radius 3 is 2.56 bits per heavy atom. The summed E-state index contributed by atoms with van der Waals surface area (Å²) in [6, 6.07) is 10.1. The molecule has 0 spiro atoms. The van der Waals surface area contributed by atoms with Crippen molar-refractivity contribution in [3.8, 4) is 11.8 Å². The quantitative estimate of drug-likeness (QED) is 0.474. The van der Waals surface area contributed by atoms with Crippen molar-refractivity contribution in [3.63, 3.8) is 0 Å². The molecule has 6 nitrogen and oxygen atoms in total. The molecule has 1 aromatic heterocycles. The molecule has 0 N–H and O–H groups in total. The largest absolute Gasteiger partial charge is 0.488 e. The van der Waals surface area contributed by atoms with Crippen LogP contribution in [0.5, 0.6) is 5.75 Å². The lowest BCUT2D eigenvalue weighted by Crippen LogP contribution is -2.25. The third-order valence-corrected chi connectivity index (χ3v) is 4.94. The van der Waals surface area contributed by atoms with Crippen molar-refractivity contribution in [2.75, 3.05) is 13.7 Å². The standard InChI is InChI=1S/C23H17ClF2N2O4/c1-31-7-6-28-12-16(8-15(11-27)23(28)30)22(29)19-9-17(25)4-5-21(19)32-13-14-2-3-18(26)10-20(14)24/h2-5,8-10,12H,6-7,13H2,1H3. The molecule has 9 heteroatoms. The van der Waals surface area contributed by atoms with Crippen LogP contribution in [0, 0.1) is 23.0 Å². The maximum Gasteiger partial charge on any atom is 0.268 e. The van der Waals surface area contributed by atoms with Crippen LogP contribution in [0.3, 0.4) is 0 Å². The monoisotopic (exact) mass is 458 g/mol. The molecule has 0 amide bonds. The average molecular weight is 459 g/mol. The highest BCUT2D eigenvalue weighted by atomic mass is 35.5. The number of pyridine rings is 1. The summed E-state index contributed by atoms with van der Waals surface area (Å²) in [6.07, 6.45) is 1.29. The van der Waals surface area contributed by atoms with Crippen LogP contribution in [0.25, 0.3) is 0 Å². The van der Waals surface area contributed by atoms with E-state index in [-0.39, 0.29) is 47.2 Å². The van der Waals surface area contributed by atoms with Gasteiger partial charge in [-0.2, -0.15) is 5.26 Å². The second-order valence-electron chi connectivity index (χ2n) is 6.74. The molecule has 3 rings (SSSR count). The predicted octanol–water partition coefficient (Wildman–Crippen LogP) is 4.11. The number of rotatable bonds is 8. The SMILES string of the molecule is COCCn1cc(C(=O)c2cc(F)ccc2OCc2ccc(F)cc2Cl)cc(C#N)c1=O. The van der Waals surface area contributed by atoms with E-state index in [1.54, 1.807) is 6.07 Å². The number of carbonyl (C=O) groups is 1. The summed E-state index contributed by atoms with van der Waals surface area (Å²) >= 11 is 6.01. The summed E-state index contributed by atoms with van der Waals surface area (Å²) in [5, 5.41) is 9.41. The normalized spacial score (nSPS) is 10.6. The highest BCUT2D eigenvalue weighted by Gasteiger charge is 2.19. The molecule has 32 heavy (non-hydrogen) atoms. The van der Waals surface area contributed by atoms with Gasteiger partial charge >= 0.3 is 0 Å². The molecular weight excluding hydrogens is 442 g/mol. The second kappa shape index (κ2) is 10.2. The molecule has 0 fully saturated rings. The maximum atomic E-state index is 14.0. The van der Waals surface area contributed by atoms with Gasteiger partial charge in [0.1, 0.15) is 35.6 Å². The van der Waals surface area contributed by atoms with Gasteiger partial charge in [0.15, 0.2) is 5.78 Å². The second-order valence-corrected chi connectivity index (χ2v) is 7.15. The number of carbonyl (C=O) groups excluding carboxylic acids is 1. The Balaban J connectivity index is 1.97. The summed E-state index contributed by atoms with van der Waals surface area (Å²) in [5.41, 5.74) is -0.432. The van der Waals surface area contributed by atoms with Crippen molar-refractivity contribution < 1.29 is 23.0 Å². The van der Waals surface area contributed by atoms with Crippen molar-refractivity contribution >= 4 is 17.4 Å². The first-order chi connectivity index (χ1) is 15.3. The summed E-state index contributed by atoms with van der Waals surface area (Å²) < 4.78 is 39.0. The highest BCUT2D eigenvalue weighted by Crippen LogP contribution is 2.26. The summed E-state index contributed by atoms with van der Waals surface area (Å²) in [5.74, 6) is -1.76. The average Bonchev–Trinajstić information content (AvgIpc) is 2.78. The molecule has 1 heterocycles. The van der Waals surface area contributed by atoms with Gasteiger partial charge in [-0.25, -0.2) is 8.78 Å². The van der Waals surface area contributed by atoms with Crippen molar-refractivity contribution in [1.82, 2.24) is 4.57 Å². The van der Waals surface area contributed by atoms with Gasteiger partial charge in [0.2, 0.25) is 0 Å². The van der Waals surface area contributed by atoms with E-state index in [1.165, 1.54) is 36.1 Å². The van der Waals surface area contributed by atoms with Crippen LogP contribution in [0.4, 0.5) is 8.78 Å². The maximum absolute atomic E-state index is 14.0. The highest BCUT2D eigenvalue weighted by molar-refractivity contribution is 6.31. The Hall–Kier alpha value is -3.54. The van der Waals surface area contributed by atoms with E-state index in [4.69, 9.17) is 21.1 Å². The number of halogens is 3. The van der Waals surface area contributed by atoms with E-state index in [9.17, 15) is 23.6 Å². The van der Waals surface area contributed by atoms with E-state index in [0.29, 0.717) is 5.56 Å². The van der Waals surface area contributed by atoms with Crippen LogP contribution in [-0.2, 0) is 17.9 Å². The van der Waals surface area contributed by atoms with Gasteiger partial charge in [0.25, 0.3) is 5.56 Å². The minimum atomic E-state index is -0.672. The fourth-order valence-electron chi connectivity index (χ4n) is 2.95. The molecule has 164 valence electrons. The van der Waals surface area contributed by atoms with Gasteiger partial charge < -0.3 is 14.0 Å². The van der Waals surface area contributed by atoms with E-state index in [2.05, 4.69) is 0 Å². The molecular formula is C23H17ClF2N2O4. The van der Waals surface area contributed by atoms with Crippen LogP contribution in [0.1, 0.15) is 27.0 Å². The Morgan fingerprint density at radius 2 is 1.88 bits per heavy atom. The van der Waals surface area contributed by atoms with Crippen molar-refractivity contribution in [2.24, 2.45) is 0 Å². The molecule has 2 aromatic carbocycles. The molecule has 0 aliphatic carbocycles. The Kier molecular flexibility index (Phi) is 7.36. The van der Waals surface area contributed by atoms with Crippen LogP contribution in [0.2, 0.25) is 5.02 Å². The molecule has 0 bridgehead atoms. The van der Waals surface area contributed by atoms with Crippen molar-refractivity contribution in [2.45, 2.75) is 13.2 Å². The van der Waals surface area contributed by atoms with Crippen LogP contribution >= 0.6 is 11.6 Å². The third kappa shape index (κ3) is 5.19. The van der Waals surface area contributed by atoms with Crippen LogP contribution in [0.15, 0.2) is 53.5 Å². The summed E-state index contributed by atoms with van der Waals surface area (Å²) in [4.78, 5) is 25.5. The number of aromatic nitrogens is 1. The number of ketones is 1. The van der Waals surface area contributed by atoms with Gasteiger partial charge in [-0.3, -0.25) is 9.59 Å². The molecule has 0 radical (unpaired) electrons. The lowest BCUT2D eigenvalue weighted by Gasteiger charge is -2.13. The molecule has 0 saturated carbocycles. The molecule has 3 aromatic rings. The van der Waals surface area contributed by atoms with Crippen LogP contribution in [-0.4, -0.2) is 24.1 Å². The zero-order valence-corrected chi connectivity index (χ0v) is 17.7. The van der Waals surface area contributed by atoms with Crippen molar-refractivity contribution in [1.29, 1.82) is 5.26 Å². The Morgan fingerprint density at radius 1 is 1.16 bits per heavy atom. The molecule has 0 aliphatic rings. The zero-order valence-electron chi connectivity index (χ0n) is 16.9. The number of nitrogens with zero attached hydrogens (tertiary/aromatic N) is 2. The fraction of sp³-hybridized carbons (Fsp3) is 0.174. The Bertz CT molecular complexity index is 1270. The van der Waals surface area contributed by atoms with Gasteiger partial charge in [0, 0.05) is 31.0 Å². The summed E-state index contributed by atoms with van der Waals surface area (Å²) in [7, 11) is 1.45. The van der Waals surface area contributed by atoms with E-state index in [1.807, 2.05) is 0 Å².